The summed E-state index contributed by atoms with van der Waals surface area (Å²) in [6, 6.07) is 24.7. The van der Waals surface area contributed by atoms with Gasteiger partial charge in [-0.3, -0.25) is 0 Å². The van der Waals surface area contributed by atoms with Gasteiger partial charge in [-0.1, -0.05) is 48.5 Å². The maximum absolute atomic E-state index is 15.4. The van der Waals surface area contributed by atoms with Gasteiger partial charge in [0.25, 0.3) is 0 Å². The maximum Gasteiger partial charge on any atom is 0.573 e. The summed E-state index contributed by atoms with van der Waals surface area (Å²) in [6.45, 7) is -0.164. The molecule has 0 bridgehead atoms. The highest BCUT2D eigenvalue weighted by Crippen LogP contribution is 2.33. The van der Waals surface area contributed by atoms with E-state index in [0.717, 1.165) is 36.4 Å². The average Bonchev–Trinajstić information content (AvgIpc) is 2.89. The van der Waals surface area contributed by atoms with Crippen molar-refractivity contribution >= 4 is 5.69 Å². The number of hydrogen-bond donors (Lipinski definition) is 0. The predicted octanol–water partition coefficient (Wildman–Crippen LogP) is 9.11. The van der Waals surface area contributed by atoms with Crippen molar-refractivity contribution in [2.45, 2.75) is 25.3 Å². The van der Waals surface area contributed by atoms with Crippen LogP contribution in [-0.2, 0) is 12.7 Å². The molecule has 4 rings (SSSR count). The van der Waals surface area contributed by atoms with Crippen molar-refractivity contribution in [2.24, 2.45) is 0 Å². The summed E-state index contributed by atoms with van der Waals surface area (Å²) in [6.07, 6.45) is -11.0. The minimum absolute atomic E-state index is 0.0543. The van der Waals surface area contributed by atoms with E-state index in [2.05, 4.69) is 4.74 Å². The first-order chi connectivity index (χ1) is 18.5. The van der Waals surface area contributed by atoms with Crippen LogP contribution in [0.3, 0.4) is 0 Å². The van der Waals surface area contributed by atoms with Gasteiger partial charge in [-0.25, -0.2) is 4.39 Å². The second-order valence-corrected chi connectivity index (χ2v) is 8.57. The van der Waals surface area contributed by atoms with Crippen molar-refractivity contribution in [2.75, 3.05) is 11.4 Å². The molecule has 0 spiro atoms. The van der Waals surface area contributed by atoms with Gasteiger partial charge in [0.2, 0.25) is 0 Å². The fourth-order valence-electron chi connectivity index (χ4n) is 3.83. The normalized spacial score (nSPS) is 12.6. The number of anilines is 1. The molecule has 0 saturated heterocycles. The van der Waals surface area contributed by atoms with E-state index < -0.39 is 30.0 Å². The summed E-state index contributed by atoms with van der Waals surface area (Å²) < 4.78 is 101. The molecule has 0 amide bonds. The Bertz CT molecular complexity index is 1340. The largest absolute Gasteiger partial charge is 0.573 e. The fraction of sp³-hybridized carbons (Fsp3) is 0.172. The monoisotopic (exact) mass is 549 g/mol. The van der Waals surface area contributed by atoms with Gasteiger partial charge in [-0.2, -0.15) is 13.2 Å². The Morgan fingerprint density at radius 1 is 0.667 bits per heavy atom. The standard InChI is InChI=1S/C29H22F7NO2/c30-27(21-11-13-22(14-12-21)28(31,32)33)19-37(18-20-9-15-25(16-10-20)39-29(34,35)36)23-5-4-8-26(17-23)38-24-6-2-1-3-7-24/h1-17,27H,18-19H2. The van der Waals surface area contributed by atoms with E-state index in [1.165, 1.54) is 12.1 Å². The van der Waals surface area contributed by atoms with Crippen molar-refractivity contribution < 1.29 is 40.2 Å². The number of alkyl halides is 7. The molecule has 204 valence electrons. The lowest BCUT2D eigenvalue weighted by Gasteiger charge is -2.27. The van der Waals surface area contributed by atoms with Gasteiger partial charge in [-0.05, 0) is 59.7 Å². The quantitative estimate of drug-likeness (QED) is 0.194. The smallest absolute Gasteiger partial charge is 0.457 e. The van der Waals surface area contributed by atoms with Gasteiger partial charge in [0.1, 0.15) is 23.4 Å². The molecule has 3 nitrogen and oxygen atoms in total. The SMILES string of the molecule is FC(CN(Cc1ccc(OC(F)(F)F)cc1)c1cccc(Oc2ccccc2)c1)c1ccc(C(F)(F)F)cc1. The Morgan fingerprint density at radius 3 is 1.92 bits per heavy atom. The molecule has 0 saturated carbocycles. The highest BCUT2D eigenvalue weighted by molar-refractivity contribution is 5.52. The Morgan fingerprint density at radius 2 is 1.31 bits per heavy atom. The fourth-order valence-corrected chi connectivity index (χ4v) is 3.83. The van der Waals surface area contributed by atoms with Crippen LogP contribution in [0.25, 0.3) is 0 Å². The number of hydrogen-bond acceptors (Lipinski definition) is 3. The molecule has 0 N–H and O–H groups in total. The summed E-state index contributed by atoms with van der Waals surface area (Å²) in [4.78, 5) is 1.62. The van der Waals surface area contributed by atoms with Gasteiger partial charge >= 0.3 is 12.5 Å². The summed E-state index contributed by atoms with van der Waals surface area (Å²) >= 11 is 0. The third-order valence-corrected chi connectivity index (χ3v) is 5.67. The van der Waals surface area contributed by atoms with Crippen molar-refractivity contribution in [3.05, 3.63) is 120 Å². The van der Waals surface area contributed by atoms with Crippen LogP contribution in [0, 0.1) is 0 Å². The van der Waals surface area contributed by atoms with Crippen molar-refractivity contribution in [1.29, 1.82) is 0 Å². The second-order valence-electron chi connectivity index (χ2n) is 8.57. The Kier molecular flexibility index (Phi) is 8.32. The van der Waals surface area contributed by atoms with E-state index in [4.69, 9.17) is 4.74 Å². The van der Waals surface area contributed by atoms with Crippen LogP contribution >= 0.6 is 0 Å². The molecule has 0 aliphatic carbocycles. The van der Waals surface area contributed by atoms with Gasteiger partial charge in [0, 0.05) is 18.3 Å². The number of ether oxygens (including phenoxy) is 2. The summed E-state index contributed by atoms with van der Waals surface area (Å²) in [5.74, 6) is 0.640. The zero-order chi connectivity index (χ0) is 28.0. The van der Waals surface area contributed by atoms with Crippen molar-refractivity contribution in [1.82, 2.24) is 0 Å². The lowest BCUT2D eigenvalue weighted by atomic mass is 10.1. The lowest BCUT2D eigenvalue weighted by molar-refractivity contribution is -0.274. The highest BCUT2D eigenvalue weighted by atomic mass is 19.4. The zero-order valence-electron chi connectivity index (χ0n) is 20.2. The molecule has 0 fully saturated rings. The van der Waals surface area contributed by atoms with Crippen LogP contribution in [0.15, 0.2) is 103 Å². The Hall–Kier alpha value is -4.21. The van der Waals surface area contributed by atoms with Crippen LogP contribution in [0.1, 0.15) is 22.9 Å². The van der Waals surface area contributed by atoms with Crippen molar-refractivity contribution in [3.63, 3.8) is 0 Å². The first-order valence-electron chi connectivity index (χ1n) is 11.7. The first-order valence-corrected chi connectivity index (χ1v) is 11.7. The number of para-hydroxylation sites is 1. The molecule has 0 aliphatic rings. The highest BCUT2D eigenvalue weighted by Gasteiger charge is 2.31. The van der Waals surface area contributed by atoms with E-state index >= 15 is 4.39 Å². The maximum atomic E-state index is 15.4. The van der Waals surface area contributed by atoms with E-state index in [9.17, 15) is 26.3 Å². The van der Waals surface area contributed by atoms with E-state index in [-0.39, 0.29) is 18.7 Å². The Balaban J connectivity index is 1.58. The Labute approximate surface area is 220 Å². The van der Waals surface area contributed by atoms with Gasteiger partial charge < -0.3 is 14.4 Å². The molecular weight excluding hydrogens is 527 g/mol. The molecular formula is C29H22F7NO2. The molecule has 10 heteroatoms. The van der Waals surface area contributed by atoms with Crippen LogP contribution in [0.2, 0.25) is 0 Å². The van der Waals surface area contributed by atoms with Crippen LogP contribution < -0.4 is 14.4 Å². The average molecular weight is 549 g/mol. The molecule has 0 radical (unpaired) electrons. The summed E-state index contributed by atoms with van der Waals surface area (Å²) in [5.41, 5.74) is 0.257. The van der Waals surface area contributed by atoms with Crippen LogP contribution in [0.5, 0.6) is 17.2 Å². The molecule has 4 aromatic rings. The topological polar surface area (TPSA) is 21.7 Å². The molecule has 1 unspecified atom stereocenters. The van der Waals surface area contributed by atoms with Crippen LogP contribution in [0.4, 0.5) is 36.4 Å². The minimum Gasteiger partial charge on any atom is -0.457 e. The predicted molar refractivity (Wildman–Crippen MR) is 132 cm³/mol. The van der Waals surface area contributed by atoms with Gasteiger partial charge in [0.05, 0.1) is 12.1 Å². The zero-order valence-corrected chi connectivity index (χ0v) is 20.2. The number of halogens is 7. The lowest BCUT2D eigenvalue weighted by Crippen LogP contribution is -2.27. The van der Waals surface area contributed by atoms with Gasteiger partial charge in [0.15, 0.2) is 0 Å². The first kappa shape index (κ1) is 27.8. The molecule has 0 heterocycles. The van der Waals surface area contributed by atoms with E-state index in [1.807, 2.05) is 6.07 Å². The third-order valence-electron chi connectivity index (χ3n) is 5.67. The summed E-state index contributed by atoms with van der Waals surface area (Å²) in [5, 5.41) is 0. The molecule has 0 aliphatic heterocycles. The van der Waals surface area contributed by atoms with Crippen LogP contribution in [-0.4, -0.2) is 12.9 Å². The molecule has 39 heavy (non-hydrogen) atoms. The minimum atomic E-state index is -4.84. The number of benzene rings is 4. The molecule has 4 aromatic carbocycles. The second kappa shape index (κ2) is 11.7. The summed E-state index contributed by atoms with van der Waals surface area (Å²) in [7, 11) is 0. The molecule has 0 aromatic heterocycles. The third kappa shape index (κ3) is 8.13. The van der Waals surface area contributed by atoms with Gasteiger partial charge in [-0.15, -0.1) is 13.2 Å². The number of nitrogens with zero attached hydrogens (tertiary/aromatic N) is 1. The number of rotatable bonds is 9. The van der Waals surface area contributed by atoms with Crippen molar-refractivity contribution in [3.8, 4) is 17.2 Å². The van der Waals surface area contributed by atoms with E-state index in [1.54, 1.807) is 53.4 Å². The molecule has 1 atom stereocenters. The van der Waals surface area contributed by atoms with E-state index in [0.29, 0.717) is 22.7 Å².